The van der Waals surface area contributed by atoms with Crippen LogP contribution in [0.1, 0.15) is 25.5 Å². The standard InChI is InChI=1S/C9H11NOS/c1-7(2)11-9(5-10)8-3-4-12-6-8/h3-4,6-7,9H,1-2H3. The summed E-state index contributed by atoms with van der Waals surface area (Å²) >= 11 is 1.58. The van der Waals surface area contributed by atoms with Crippen LogP contribution < -0.4 is 0 Å². The highest BCUT2D eigenvalue weighted by Crippen LogP contribution is 2.20. The molecule has 0 aliphatic rings. The van der Waals surface area contributed by atoms with Crippen molar-refractivity contribution >= 4 is 11.3 Å². The lowest BCUT2D eigenvalue weighted by atomic mass is 10.2. The summed E-state index contributed by atoms with van der Waals surface area (Å²) in [6.45, 7) is 3.85. The summed E-state index contributed by atoms with van der Waals surface area (Å²) in [6, 6.07) is 4.04. The number of ether oxygens (including phenoxy) is 1. The van der Waals surface area contributed by atoms with E-state index in [9.17, 15) is 0 Å². The van der Waals surface area contributed by atoms with E-state index in [1.165, 1.54) is 0 Å². The first-order chi connectivity index (χ1) is 5.74. The lowest BCUT2D eigenvalue weighted by molar-refractivity contribution is 0.0394. The van der Waals surface area contributed by atoms with Gasteiger partial charge in [-0.3, -0.25) is 0 Å². The highest BCUT2D eigenvalue weighted by molar-refractivity contribution is 7.07. The average Bonchev–Trinajstić information content (AvgIpc) is 2.51. The van der Waals surface area contributed by atoms with Gasteiger partial charge in [-0.1, -0.05) is 0 Å². The highest BCUT2D eigenvalue weighted by Gasteiger charge is 2.12. The molecule has 1 aromatic heterocycles. The highest BCUT2D eigenvalue weighted by atomic mass is 32.1. The van der Waals surface area contributed by atoms with Crippen molar-refractivity contribution < 1.29 is 4.74 Å². The van der Waals surface area contributed by atoms with Crippen LogP contribution in [-0.2, 0) is 4.74 Å². The Kier molecular flexibility index (Phi) is 3.27. The van der Waals surface area contributed by atoms with Gasteiger partial charge in [-0.05, 0) is 30.7 Å². The second-order valence-corrected chi connectivity index (χ2v) is 3.53. The molecule has 1 atom stereocenters. The molecular weight excluding hydrogens is 170 g/mol. The summed E-state index contributed by atoms with van der Waals surface area (Å²) in [4.78, 5) is 0. The van der Waals surface area contributed by atoms with Crippen LogP contribution in [0.25, 0.3) is 0 Å². The van der Waals surface area contributed by atoms with Gasteiger partial charge in [0.2, 0.25) is 0 Å². The van der Waals surface area contributed by atoms with E-state index in [1.54, 1.807) is 11.3 Å². The Morgan fingerprint density at radius 1 is 1.58 bits per heavy atom. The number of nitriles is 1. The van der Waals surface area contributed by atoms with Crippen molar-refractivity contribution in [2.45, 2.75) is 26.1 Å². The molecule has 2 nitrogen and oxygen atoms in total. The van der Waals surface area contributed by atoms with Crippen molar-refractivity contribution in [2.75, 3.05) is 0 Å². The van der Waals surface area contributed by atoms with Crippen molar-refractivity contribution in [3.63, 3.8) is 0 Å². The van der Waals surface area contributed by atoms with E-state index < -0.39 is 6.10 Å². The summed E-state index contributed by atoms with van der Waals surface area (Å²) in [5, 5.41) is 12.7. The summed E-state index contributed by atoms with van der Waals surface area (Å²) < 4.78 is 5.39. The number of thiophene rings is 1. The zero-order valence-electron chi connectivity index (χ0n) is 7.15. The van der Waals surface area contributed by atoms with Gasteiger partial charge in [0.1, 0.15) is 0 Å². The summed E-state index contributed by atoms with van der Waals surface area (Å²) in [7, 11) is 0. The van der Waals surface area contributed by atoms with Gasteiger partial charge >= 0.3 is 0 Å². The average molecular weight is 181 g/mol. The van der Waals surface area contributed by atoms with Gasteiger partial charge in [0.05, 0.1) is 12.2 Å². The molecule has 0 aliphatic heterocycles. The second kappa shape index (κ2) is 4.24. The van der Waals surface area contributed by atoms with Crippen LogP contribution in [-0.4, -0.2) is 6.10 Å². The monoisotopic (exact) mass is 181 g/mol. The molecule has 0 saturated heterocycles. The quantitative estimate of drug-likeness (QED) is 0.718. The molecule has 0 aliphatic carbocycles. The van der Waals surface area contributed by atoms with Crippen molar-refractivity contribution in [3.8, 4) is 6.07 Å². The topological polar surface area (TPSA) is 33.0 Å². The molecule has 64 valence electrons. The number of hydrogen-bond acceptors (Lipinski definition) is 3. The van der Waals surface area contributed by atoms with Crippen LogP contribution in [0.4, 0.5) is 0 Å². The Bertz CT molecular complexity index is 261. The summed E-state index contributed by atoms with van der Waals surface area (Å²) in [5.74, 6) is 0. The number of hydrogen-bond donors (Lipinski definition) is 0. The number of nitrogens with zero attached hydrogens (tertiary/aromatic N) is 1. The summed E-state index contributed by atoms with van der Waals surface area (Å²) in [6.07, 6.45) is -0.314. The van der Waals surface area contributed by atoms with Crippen LogP contribution in [0, 0.1) is 11.3 Å². The van der Waals surface area contributed by atoms with Gasteiger partial charge in [-0.2, -0.15) is 16.6 Å². The third-order valence-corrected chi connectivity index (χ3v) is 2.07. The van der Waals surface area contributed by atoms with E-state index in [4.69, 9.17) is 10.00 Å². The SMILES string of the molecule is CC(C)OC(C#N)c1ccsc1. The van der Waals surface area contributed by atoms with Gasteiger partial charge in [0, 0.05) is 5.56 Å². The van der Waals surface area contributed by atoms with Crippen molar-refractivity contribution in [1.29, 1.82) is 5.26 Å². The van der Waals surface area contributed by atoms with Gasteiger partial charge in [-0.25, -0.2) is 0 Å². The Labute approximate surface area is 76.4 Å². The molecule has 12 heavy (non-hydrogen) atoms. The molecule has 1 rings (SSSR count). The van der Waals surface area contributed by atoms with Crippen LogP contribution in [0.15, 0.2) is 16.8 Å². The molecule has 0 spiro atoms. The van der Waals surface area contributed by atoms with Crippen LogP contribution in [0.3, 0.4) is 0 Å². The van der Waals surface area contributed by atoms with Gasteiger partial charge in [0.25, 0.3) is 0 Å². The maximum atomic E-state index is 8.78. The third kappa shape index (κ3) is 2.33. The molecule has 0 saturated carbocycles. The lowest BCUT2D eigenvalue weighted by Gasteiger charge is -2.11. The van der Waals surface area contributed by atoms with E-state index >= 15 is 0 Å². The minimum atomic E-state index is -0.406. The fourth-order valence-corrected chi connectivity index (χ4v) is 1.55. The first-order valence-electron chi connectivity index (χ1n) is 3.81. The summed E-state index contributed by atoms with van der Waals surface area (Å²) in [5.41, 5.74) is 0.955. The molecule has 0 N–H and O–H groups in total. The van der Waals surface area contributed by atoms with E-state index in [0.29, 0.717) is 0 Å². The Balaban J connectivity index is 2.65. The molecule has 1 unspecified atom stereocenters. The van der Waals surface area contributed by atoms with Crippen LogP contribution in [0.5, 0.6) is 0 Å². The van der Waals surface area contributed by atoms with Gasteiger partial charge < -0.3 is 4.74 Å². The predicted octanol–water partition coefficient (Wildman–Crippen LogP) is 2.74. The Hall–Kier alpha value is -0.850. The van der Waals surface area contributed by atoms with Crippen LogP contribution in [0.2, 0.25) is 0 Å². The normalized spacial score (nSPS) is 12.8. The molecule has 3 heteroatoms. The van der Waals surface area contributed by atoms with E-state index in [0.717, 1.165) is 5.56 Å². The molecule has 0 amide bonds. The van der Waals surface area contributed by atoms with Crippen molar-refractivity contribution in [1.82, 2.24) is 0 Å². The fourth-order valence-electron chi connectivity index (χ4n) is 0.880. The predicted molar refractivity (Wildman–Crippen MR) is 48.9 cm³/mol. The van der Waals surface area contributed by atoms with E-state index in [-0.39, 0.29) is 6.10 Å². The van der Waals surface area contributed by atoms with E-state index in [2.05, 4.69) is 6.07 Å². The largest absolute Gasteiger partial charge is 0.356 e. The minimum Gasteiger partial charge on any atom is -0.356 e. The van der Waals surface area contributed by atoms with Crippen molar-refractivity contribution in [2.24, 2.45) is 0 Å². The van der Waals surface area contributed by atoms with Crippen LogP contribution >= 0.6 is 11.3 Å². The fraction of sp³-hybridized carbons (Fsp3) is 0.444. The Morgan fingerprint density at radius 2 is 2.33 bits per heavy atom. The molecule has 1 heterocycles. The van der Waals surface area contributed by atoms with Gasteiger partial charge in [0.15, 0.2) is 6.10 Å². The maximum Gasteiger partial charge on any atom is 0.170 e. The first-order valence-corrected chi connectivity index (χ1v) is 4.75. The van der Waals surface area contributed by atoms with E-state index in [1.807, 2.05) is 30.7 Å². The second-order valence-electron chi connectivity index (χ2n) is 2.75. The smallest absolute Gasteiger partial charge is 0.170 e. The molecule has 0 radical (unpaired) electrons. The van der Waals surface area contributed by atoms with Crippen molar-refractivity contribution in [3.05, 3.63) is 22.4 Å². The minimum absolute atomic E-state index is 0.0922. The third-order valence-electron chi connectivity index (χ3n) is 1.37. The maximum absolute atomic E-state index is 8.78. The zero-order chi connectivity index (χ0) is 8.97. The Morgan fingerprint density at radius 3 is 2.75 bits per heavy atom. The first kappa shape index (κ1) is 9.24. The molecule has 0 bridgehead atoms. The van der Waals surface area contributed by atoms with Gasteiger partial charge in [-0.15, -0.1) is 0 Å². The molecular formula is C9H11NOS. The molecule has 1 aromatic rings. The molecule has 0 aromatic carbocycles. The molecule has 0 fully saturated rings. The lowest BCUT2D eigenvalue weighted by Crippen LogP contribution is -2.07. The number of rotatable bonds is 3. The zero-order valence-corrected chi connectivity index (χ0v) is 7.97.